The van der Waals surface area contributed by atoms with Gasteiger partial charge < -0.3 is 5.32 Å². The molecule has 1 N–H and O–H groups in total. The van der Waals surface area contributed by atoms with Crippen LogP contribution >= 0.6 is 0 Å². The Hall–Kier alpha value is -0.0800. The number of hydrogen-bond donors (Lipinski definition) is 1. The van der Waals surface area contributed by atoms with Crippen LogP contribution in [0.4, 0.5) is 0 Å². The number of nitrogens with one attached hydrogen (secondary N) is 1. The largest absolute Gasteiger partial charge is 0.317 e. The van der Waals surface area contributed by atoms with Crippen LogP contribution in [0.25, 0.3) is 0 Å². The van der Waals surface area contributed by atoms with Gasteiger partial charge >= 0.3 is 0 Å². The summed E-state index contributed by atoms with van der Waals surface area (Å²) < 4.78 is 0. The third-order valence-corrected chi connectivity index (χ3v) is 4.79. The van der Waals surface area contributed by atoms with E-state index < -0.39 is 0 Å². The van der Waals surface area contributed by atoms with Crippen molar-refractivity contribution in [3.63, 3.8) is 0 Å². The molecule has 1 heterocycles. The van der Waals surface area contributed by atoms with Gasteiger partial charge in [-0.2, -0.15) is 0 Å². The van der Waals surface area contributed by atoms with Gasteiger partial charge in [0.2, 0.25) is 0 Å². The Labute approximate surface area is 101 Å². The van der Waals surface area contributed by atoms with Gasteiger partial charge in [-0.15, -0.1) is 0 Å². The quantitative estimate of drug-likeness (QED) is 0.790. The molecular weight excluding hydrogens is 196 g/mol. The van der Waals surface area contributed by atoms with E-state index in [0.717, 1.165) is 18.0 Å². The molecule has 0 aromatic rings. The molecular formula is C14H28N2. The molecule has 4 unspecified atom stereocenters. The molecule has 94 valence electrons. The van der Waals surface area contributed by atoms with E-state index >= 15 is 0 Å². The molecule has 0 bridgehead atoms. The molecule has 2 fully saturated rings. The van der Waals surface area contributed by atoms with Crippen molar-refractivity contribution in [3.05, 3.63) is 0 Å². The summed E-state index contributed by atoms with van der Waals surface area (Å²) in [5.74, 6) is 1.03. The minimum Gasteiger partial charge on any atom is -0.317 e. The standard InChI is InChI=1S/C14H28N2/c1-11(15-3)10-12(2)16-9-5-7-13-6-4-8-14(13)16/h11-15H,4-10H2,1-3H3. The summed E-state index contributed by atoms with van der Waals surface area (Å²) >= 11 is 0. The SMILES string of the molecule is CNC(C)CC(C)N1CCCC2CCCC21. The Bertz CT molecular complexity index is 217. The van der Waals surface area contributed by atoms with Crippen LogP contribution in [-0.4, -0.2) is 36.6 Å². The van der Waals surface area contributed by atoms with E-state index in [-0.39, 0.29) is 0 Å². The summed E-state index contributed by atoms with van der Waals surface area (Å²) in [6.45, 7) is 6.07. The van der Waals surface area contributed by atoms with Crippen LogP contribution in [0.2, 0.25) is 0 Å². The fourth-order valence-electron chi connectivity index (χ4n) is 3.80. The molecule has 0 aromatic heterocycles. The zero-order chi connectivity index (χ0) is 11.5. The summed E-state index contributed by atoms with van der Waals surface area (Å²) in [4.78, 5) is 2.81. The zero-order valence-corrected chi connectivity index (χ0v) is 11.2. The molecule has 1 saturated carbocycles. The van der Waals surface area contributed by atoms with Gasteiger partial charge in [0.1, 0.15) is 0 Å². The van der Waals surface area contributed by atoms with E-state index in [1.54, 1.807) is 0 Å². The molecule has 2 heteroatoms. The highest BCUT2D eigenvalue weighted by Gasteiger charge is 2.36. The molecule has 2 aliphatic rings. The lowest BCUT2D eigenvalue weighted by atomic mass is 9.90. The van der Waals surface area contributed by atoms with E-state index in [9.17, 15) is 0 Å². The highest BCUT2D eigenvalue weighted by atomic mass is 15.2. The van der Waals surface area contributed by atoms with E-state index in [4.69, 9.17) is 0 Å². The predicted octanol–water partition coefficient (Wildman–Crippen LogP) is 2.64. The second-order valence-electron chi connectivity index (χ2n) is 5.91. The van der Waals surface area contributed by atoms with E-state index in [1.165, 1.54) is 45.1 Å². The second-order valence-corrected chi connectivity index (χ2v) is 5.91. The van der Waals surface area contributed by atoms with Crippen LogP contribution in [0, 0.1) is 5.92 Å². The molecule has 1 saturated heterocycles. The molecule has 4 atom stereocenters. The van der Waals surface area contributed by atoms with Gasteiger partial charge in [-0.05, 0) is 65.5 Å². The normalized spacial score (nSPS) is 34.7. The van der Waals surface area contributed by atoms with Crippen LogP contribution in [0.5, 0.6) is 0 Å². The Morgan fingerprint density at radius 3 is 2.69 bits per heavy atom. The highest BCUT2D eigenvalue weighted by Crippen LogP contribution is 2.38. The topological polar surface area (TPSA) is 15.3 Å². The first-order chi connectivity index (χ1) is 7.72. The third kappa shape index (κ3) is 2.60. The maximum absolute atomic E-state index is 3.37. The maximum Gasteiger partial charge on any atom is 0.0126 e. The molecule has 0 spiro atoms. The fourth-order valence-corrected chi connectivity index (χ4v) is 3.80. The smallest absolute Gasteiger partial charge is 0.0126 e. The van der Waals surface area contributed by atoms with Gasteiger partial charge in [0.25, 0.3) is 0 Å². The van der Waals surface area contributed by atoms with Crippen LogP contribution in [0.15, 0.2) is 0 Å². The summed E-state index contributed by atoms with van der Waals surface area (Å²) in [7, 11) is 2.08. The first kappa shape index (κ1) is 12.4. The van der Waals surface area contributed by atoms with Gasteiger partial charge in [-0.25, -0.2) is 0 Å². The number of fused-ring (bicyclic) bond motifs is 1. The zero-order valence-electron chi connectivity index (χ0n) is 11.2. The molecule has 0 aromatic carbocycles. The fraction of sp³-hybridized carbons (Fsp3) is 1.00. The monoisotopic (exact) mass is 224 g/mol. The van der Waals surface area contributed by atoms with Crippen LogP contribution in [-0.2, 0) is 0 Å². The minimum atomic E-state index is 0.650. The Kier molecular flexibility index (Phi) is 4.26. The molecule has 0 amide bonds. The predicted molar refractivity (Wildman–Crippen MR) is 69.7 cm³/mol. The molecule has 1 aliphatic carbocycles. The Balaban J connectivity index is 1.91. The number of likely N-dealkylation sites (tertiary alicyclic amines) is 1. The van der Waals surface area contributed by atoms with Crippen LogP contribution in [0.1, 0.15) is 52.4 Å². The third-order valence-electron chi connectivity index (χ3n) is 4.79. The van der Waals surface area contributed by atoms with E-state index in [1.807, 2.05) is 0 Å². The van der Waals surface area contributed by atoms with Gasteiger partial charge in [-0.1, -0.05) is 6.42 Å². The highest BCUT2D eigenvalue weighted by molar-refractivity contribution is 4.91. The lowest BCUT2D eigenvalue weighted by molar-refractivity contribution is 0.0674. The van der Waals surface area contributed by atoms with E-state index in [2.05, 4.69) is 31.1 Å². The number of rotatable bonds is 4. The second kappa shape index (κ2) is 5.50. The number of piperidine rings is 1. The number of hydrogen-bond acceptors (Lipinski definition) is 2. The minimum absolute atomic E-state index is 0.650. The summed E-state index contributed by atoms with van der Waals surface area (Å²) in [5.41, 5.74) is 0. The van der Waals surface area contributed by atoms with Gasteiger partial charge in [0.15, 0.2) is 0 Å². The van der Waals surface area contributed by atoms with Crippen molar-refractivity contribution in [2.45, 2.75) is 70.5 Å². The van der Waals surface area contributed by atoms with Crippen molar-refractivity contribution in [2.75, 3.05) is 13.6 Å². The van der Waals surface area contributed by atoms with Crippen molar-refractivity contribution in [3.8, 4) is 0 Å². The molecule has 1 aliphatic heterocycles. The Morgan fingerprint density at radius 1 is 1.19 bits per heavy atom. The lowest BCUT2D eigenvalue weighted by Crippen LogP contribution is -2.48. The molecule has 2 nitrogen and oxygen atoms in total. The average Bonchev–Trinajstić information content (AvgIpc) is 2.76. The molecule has 0 radical (unpaired) electrons. The van der Waals surface area contributed by atoms with Crippen molar-refractivity contribution >= 4 is 0 Å². The summed E-state index contributed by atoms with van der Waals surface area (Å²) in [5, 5.41) is 3.37. The maximum atomic E-state index is 3.37. The van der Waals surface area contributed by atoms with Crippen molar-refractivity contribution < 1.29 is 0 Å². The van der Waals surface area contributed by atoms with Crippen molar-refractivity contribution in [1.82, 2.24) is 10.2 Å². The van der Waals surface area contributed by atoms with Gasteiger partial charge in [0, 0.05) is 18.1 Å². The first-order valence-electron chi connectivity index (χ1n) is 7.15. The van der Waals surface area contributed by atoms with Crippen molar-refractivity contribution in [2.24, 2.45) is 5.92 Å². The summed E-state index contributed by atoms with van der Waals surface area (Å²) in [6.07, 6.45) is 8.65. The lowest BCUT2D eigenvalue weighted by Gasteiger charge is -2.42. The molecule has 2 rings (SSSR count). The van der Waals surface area contributed by atoms with Gasteiger partial charge in [-0.3, -0.25) is 4.90 Å². The van der Waals surface area contributed by atoms with Crippen LogP contribution in [0.3, 0.4) is 0 Å². The van der Waals surface area contributed by atoms with E-state index in [0.29, 0.717) is 6.04 Å². The molecule has 16 heavy (non-hydrogen) atoms. The van der Waals surface area contributed by atoms with Crippen LogP contribution < -0.4 is 5.32 Å². The first-order valence-corrected chi connectivity index (χ1v) is 7.15. The average molecular weight is 224 g/mol. The number of nitrogens with zero attached hydrogens (tertiary/aromatic N) is 1. The Morgan fingerprint density at radius 2 is 1.94 bits per heavy atom. The van der Waals surface area contributed by atoms with Gasteiger partial charge in [0.05, 0.1) is 0 Å². The van der Waals surface area contributed by atoms with Crippen molar-refractivity contribution in [1.29, 1.82) is 0 Å². The summed E-state index contributed by atoms with van der Waals surface area (Å²) in [6, 6.07) is 2.33.